The van der Waals surface area contributed by atoms with Crippen LogP contribution in [0.3, 0.4) is 0 Å². The molecule has 0 aromatic heterocycles. The van der Waals surface area contributed by atoms with Crippen molar-refractivity contribution in [3.05, 3.63) is 54.1 Å². The van der Waals surface area contributed by atoms with Crippen molar-refractivity contribution in [2.75, 3.05) is 23.8 Å². The highest BCUT2D eigenvalue weighted by Gasteiger charge is 2.08. The number of carbonyl (C=O) groups excluding carboxylic acids is 2. The van der Waals surface area contributed by atoms with Crippen molar-refractivity contribution >= 4 is 23.2 Å². The lowest BCUT2D eigenvalue weighted by Crippen LogP contribution is -2.30. The zero-order valence-electron chi connectivity index (χ0n) is 16.7. The fraction of sp³-hybridized carbons (Fsp3) is 0.364. The maximum atomic E-state index is 12.2. The van der Waals surface area contributed by atoms with Gasteiger partial charge < -0.3 is 20.7 Å². The molecule has 0 saturated heterocycles. The Hall–Kier alpha value is -3.02. The Labute approximate surface area is 166 Å². The molecule has 0 aliphatic heterocycles. The molecule has 0 bridgehead atoms. The van der Waals surface area contributed by atoms with Crippen molar-refractivity contribution in [2.45, 2.75) is 39.7 Å². The van der Waals surface area contributed by atoms with Crippen molar-refractivity contribution in [3.63, 3.8) is 0 Å². The summed E-state index contributed by atoms with van der Waals surface area (Å²) in [5, 5.41) is 8.72. The van der Waals surface area contributed by atoms with Crippen LogP contribution in [0, 0.1) is 0 Å². The number of carbonyl (C=O) groups is 2. The SMILES string of the molecule is CCCCOc1ccc(NC(=O)CNc2cccc(C(=O)NC(C)C)c2)cc1. The van der Waals surface area contributed by atoms with Crippen molar-refractivity contribution in [3.8, 4) is 5.75 Å². The molecule has 28 heavy (non-hydrogen) atoms. The molecule has 0 aliphatic carbocycles. The minimum Gasteiger partial charge on any atom is -0.494 e. The highest BCUT2D eigenvalue weighted by molar-refractivity contribution is 5.96. The Bertz CT molecular complexity index is 773. The van der Waals surface area contributed by atoms with Crippen LogP contribution in [0.1, 0.15) is 44.0 Å². The van der Waals surface area contributed by atoms with Crippen LogP contribution in [-0.2, 0) is 4.79 Å². The van der Waals surface area contributed by atoms with E-state index in [1.807, 2.05) is 44.2 Å². The Morgan fingerprint density at radius 3 is 2.46 bits per heavy atom. The van der Waals surface area contributed by atoms with Crippen molar-refractivity contribution in [1.29, 1.82) is 0 Å². The number of benzene rings is 2. The van der Waals surface area contributed by atoms with Gasteiger partial charge in [0.2, 0.25) is 5.91 Å². The van der Waals surface area contributed by atoms with E-state index in [9.17, 15) is 9.59 Å². The lowest BCUT2D eigenvalue weighted by atomic mass is 10.1. The molecule has 6 heteroatoms. The molecule has 0 aliphatic rings. The predicted molar refractivity (Wildman–Crippen MR) is 113 cm³/mol. The van der Waals surface area contributed by atoms with Crippen LogP contribution < -0.4 is 20.7 Å². The van der Waals surface area contributed by atoms with Gasteiger partial charge in [0.25, 0.3) is 5.91 Å². The Kier molecular flexibility index (Phi) is 8.34. The van der Waals surface area contributed by atoms with Crippen LogP contribution in [-0.4, -0.2) is 31.0 Å². The van der Waals surface area contributed by atoms with Crippen molar-refractivity contribution in [2.24, 2.45) is 0 Å². The second kappa shape index (κ2) is 11.0. The fourth-order valence-corrected chi connectivity index (χ4v) is 2.47. The van der Waals surface area contributed by atoms with Crippen LogP contribution in [0.15, 0.2) is 48.5 Å². The average Bonchev–Trinajstić information content (AvgIpc) is 2.68. The number of unbranched alkanes of at least 4 members (excludes halogenated alkanes) is 1. The van der Waals surface area contributed by atoms with E-state index in [0.717, 1.165) is 18.6 Å². The summed E-state index contributed by atoms with van der Waals surface area (Å²) in [5.41, 5.74) is 1.98. The molecular formula is C22H29N3O3. The topological polar surface area (TPSA) is 79.5 Å². The summed E-state index contributed by atoms with van der Waals surface area (Å²) in [4.78, 5) is 24.2. The first-order valence-electron chi connectivity index (χ1n) is 9.65. The average molecular weight is 383 g/mol. The van der Waals surface area contributed by atoms with Gasteiger partial charge in [0.15, 0.2) is 0 Å². The molecule has 2 rings (SSSR count). The number of anilines is 2. The molecule has 0 atom stereocenters. The lowest BCUT2D eigenvalue weighted by molar-refractivity contribution is -0.114. The monoisotopic (exact) mass is 383 g/mol. The van der Waals surface area contributed by atoms with E-state index in [-0.39, 0.29) is 24.4 Å². The number of nitrogens with one attached hydrogen (secondary N) is 3. The predicted octanol–water partition coefficient (Wildman–Crippen LogP) is 4.05. The molecule has 0 heterocycles. The normalized spacial score (nSPS) is 10.4. The molecule has 0 saturated carbocycles. The second-order valence-corrected chi connectivity index (χ2v) is 6.84. The molecule has 2 amide bonds. The van der Waals surface area contributed by atoms with E-state index in [1.165, 1.54) is 0 Å². The lowest BCUT2D eigenvalue weighted by Gasteiger charge is -2.11. The third-order valence-corrected chi connectivity index (χ3v) is 3.90. The number of amides is 2. The molecule has 2 aromatic carbocycles. The van der Waals surface area contributed by atoms with Gasteiger partial charge in [0, 0.05) is 23.0 Å². The first-order valence-corrected chi connectivity index (χ1v) is 9.65. The smallest absolute Gasteiger partial charge is 0.251 e. The van der Waals surface area contributed by atoms with E-state index in [0.29, 0.717) is 23.5 Å². The van der Waals surface area contributed by atoms with Crippen LogP contribution in [0.2, 0.25) is 0 Å². The third-order valence-electron chi connectivity index (χ3n) is 3.90. The molecule has 3 N–H and O–H groups in total. The first kappa shape index (κ1) is 21.3. The van der Waals surface area contributed by atoms with Crippen LogP contribution in [0.25, 0.3) is 0 Å². The van der Waals surface area contributed by atoms with Gasteiger partial charge in [0.05, 0.1) is 13.2 Å². The van der Waals surface area contributed by atoms with E-state index in [2.05, 4.69) is 22.9 Å². The summed E-state index contributed by atoms with van der Waals surface area (Å²) in [6, 6.07) is 14.5. The molecule has 0 fully saturated rings. The summed E-state index contributed by atoms with van der Waals surface area (Å²) < 4.78 is 5.61. The number of hydrogen-bond acceptors (Lipinski definition) is 4. The highest BCUT2D eigenvalue weighted by atomic mass is 16.5. The summed E-state index contributed by atoms with van der Waals surface area (Å²) in [5.74, 6) is 0.488. The van der Waals surface area contributed by atoms with E-state index in [1.54, 1.807) is 18.2 Å². The summed E-state index contributed by atoms with van der Waals surface area (Å²) in [6.07, 6.45) is 2.11. The second-order valence-electron chi connectivity index (χ2n) is 6.84. The zero-order valence-corrected chi connectivity index (χ0v) is 16.7. The number of hydrogen-bond donors (Lipinski definition) is 3. The van der Waals surface area contributed by atoms with E-state index < -0.39 is 0 Å². The van der Waals surface area contributed by atoms with Gasteiger partial charge in [-0.25, -0.2) is 0 Å². The number of ether oxygens (including phenoxy) is 1. The zero-order chi connectivity index (χ0) is 20.4. The van der Waals surface area contributed by atoms with Gasteiger partial charge in [-0.15, -0.1) is 0 Å². The molecule has 150 valence electrons. The standard InChI is InChI=1S/C22H29N3O3/c1-4-5-13-28-20-11-9-18(10-12-20)25-21(26)15-23-19-8-6-7-17(14-19)22(27)24-16(2)3/h6-12,14,16,23H,4-5,13,15H2,1-3H3,(H,24,27)(H,25,26). The van der Waals surface area contributed by atoms with Gasteiger partial charge in [-0.2, -0.15) is 0 Å². The molecule has 2 aromatic rings. The van der Waals surface area contributed by atoms with Gasteiger partial charge >= 0.3 is 0 Å². The summed E-state index contributed by atoms with van der Waals surface area (Å²) >= 11 is 0. The van der Waals surface area contributed by atoms with Gasteiger partial charge in [0.1, 0.15) is 5.75 Å². The Balaban J connectivity index is 1.83. The maximum Gasteiger partial charge on any atom is 0.251 e. The highest BCUT2D eigenvalue weighted by Crippen LogP contribution is 2.16. The van der Waals surface area contributed by atoms with E-state index >= 15 is 0 Å². The van der Waals surface area contributed by atoms with E-state index in [4.69, 9.17) is 4.74 Å². The van der Waals surface area contributed by atoms with Crippen LogP contribution in [0.5, 0.6) is 5.75 Å². The Morgan fingerprint density at radius 2 is 1.79 bits per heavy atom. The van der Waals surface area contributed by atoms with Crippen molar-refractivity contribution < 1.29 is 14.3 Å². The quantitative estimate of drug-likeness (QED) is 0.541. The van der Waals surface area contributed by atoms with Gasteiger partial charge in [-0.05, 0) is 62.7 Å². The third kappa shape index (κ3) is 7.31. The Morgan fingerprint density at radius 1 is 1.04 bits per heavy atom. The molecular weight excluding hydrogens is 354 g/mol. The van der Waals surface area contributed by atoms with Gasteiger partial charge in [-0.1, -0.05) is 19.4 Å². The van der Waals surface area contributed by atoms with Crippen LogP contribution in [0.4, 0.5) is 11.4 Å². The van der Waals surface area contributed by atoms with Crippen LogP contribution >= 0.6 is 0 Å². The fourth-order valence-electron chi connectivity index (χ4n) is 2.47. The molecule has 0 unspecified atom stereocenters. The maximum absolute atomic E-state index is 12.2. The largest absolute Gasteiger partial charge is 0.494 e. The minimum atomic E-state index is -0.170. The molecule has 0 spiro atoms. The first-order chi connectivity index (χ1) is 13.5. The van der Waals surface area contributed by atoms with Crippen molar-refractivity contribution in [1.82, 2.24) is 5.32 Å². The molecule has 6 nitrogen and oxygen atoms in total. The minimum absolute atomic E-state index is 0.0679. The summed E-state index contributed by atoms with van der Waals surface area (Å²) in [7, 11) is 0. The molecule has 0 radical (unpaired) electrons. The summed E-state index contributed by atoms with van der Waals surface area (Å²) in [6.45, 7) is 6.74. The number of rotatable bonds is 10. The van der Waals surface area contributed by atoms with Gasteiger partial charge in [-0.3, -0.25) is 9.59 Å².